The van der Waals surface area contributed by atoms with Gasteiger partial charge in [0, 0.05) is 6.08 Å². The molecule has 2 aliphatic rings. The van der Waals surface area contributed by atoms with E-state index in [1.807, 2.05) is 6.92 Å². The van der Waals surface area contributed by atoms with E-state index in [0.29, 0.717) is 11.8 Å². The minimum absolute atomic E-state index is 0.133. The van der Waals surface area contributed by atoms with Crippen molar-refractivity contribution in [2.24, 2.45) is 22.7 Å². The predicted molar refractivity (Wildman–Crippen MR) is 97.5 cm³/mol. The summed E-state index contributed by atoms with van der Waals surface area (Å²) in [7, 11) is 1.42. The zero-order valence-electron chi connectivity index (χ0n) is 16.0. The van der Waals surface area contributed by atoms with Crippen LogP contribution >= 0.6 is 0 Å². The van der Waals surface area contributed by atoms with Crippen LogP contribution in [0.2, 0.25) is 0 Å². The van der Waals surface area contributed by atoms with Crippen LogP contribution in [0.4, 0.5) is 0 Å². The lowest BCUT2D eigenvalue weighted by Gasteiger charge is -2.58. The first-order valence-electron chi connectivity index (χ1n) is 9.33. The second-order valence-corrected chi connectivity index (χ2v) is 8.39. The quantitative estimate of drug-likeness (QED) is 0.452. The average molecular weight is 335 g/mol. The number of fused-ring (bicyclic) bond motifs is 1. The Morgan fingerprint density at radius 2 is 2.12 bits per heavy atom. The Bertz CT molecular complexity index is 533. The summed E-state index contributed by atoms with van der Waals surface area (Å²) in [5.41, 5.74) is 2.72. The molecule has 24 heavy (non-hydrogen) atoms. The molecule has 3 nitrogen and oxygen atoms in total. The fourth-order valence-electron chi connectivity index (χ4n) is 5.25. The summed E-state index contributed by atoms with van der Waals surface area (Å²) in [5, 5.41) is 9.85. The summed E-state index contributed by atoms with van der Waals surface area (Å²) >= 11 is 0. The summed E-state index contributed by atoms with van der Waals surface area (Å²) in [5.74, 6) is 1.01. The van der Waals surface area contributed by atoms with Crippen molar-refractivity contribution < 1.29 is 14.6 Å². The minimum Gasteiger partial charge on any atom is -0.466 e. The Morgan fingerprint density at radius 3 is 2.75 bits per heavy atom. The molecule has 0 amide bonds. The van der Waals surface area contributed by atoms with Crippen molar-refractivity contribution in [2.75, 3.05) is 13.7 Å². The number of aliphatic hydroxyl groups excluding tert-OH is 1. The normalized spacial score (nSPS) is 36.8. The maximum absolute atomic E-state index is 11.4. The zero-order valence-corrected chi connectivity index (χ0v) is 16.0. The van der Waals surface area contributed by atoms with Gasteiger partial charge in [-0.1, -0.05) is 32.4 Å². The van der Waals surface area contributed by atoms with E-state index >= 15 is 0 Å². The van der Waals surface area contributed by atoms with Gasteiger partial charge in [0.2, 0.25) is 0 Å². The maximum atomic E-state index is 11.4. The highest BCUT2D eigenvalue weighted by atomic mass is 16.5. The summed E-state index contributed by atoms with van der Waals surface area (Å²) in [6, 6.07) is 0. The topological polar surface area (TPSA) is 46.5 Å². The maximum Gasteiger partial charge on any atom is 0.330 e. The molecule has 0 aromatic carbocycles. The zero-order chi connectivity index (χ0) is 18.0. The molecular weight excluding hydrogens is 300 g/mol. The van der Waals surface area contributed by atoms with E-state index in [-0.39, 0.29) is 23.4 Å². The lowest BCUT2D eigenvalue weighted by molar-refractivity contribution is -0.134. The second-order valence-electron chi connectivity index (χ2n) is 8.39. The van der Waals surface area contributed by atoms with Gasteiger partial charge in [-0.15, -0.1) is 0 Å². The summed E-state index contributed by atoms with van der Waals surface area (Å²) in [4.78, 5) is 11.4. The molecule has 4 atom stereocenters. The van der Waals surface area contributed by atoms with Gasteiger partial charge in [0.1, 0.15) is 0 Å². The molecule has 0 heterocycles. The molecule has 0 aliphatic heterocycles. The Morgan fingerprint density at radius 1 is 1.42 bits per heavy atom. The fraction of sp³-hybridized carbons (Fsp3) is 0.762. The van der Waals surface area contributed by atoms with Crippen molar-refractivity contribution in [3.05, 3.63) is 23.3 Å². The molecule has 2 aliphatic carbocycles. The third-order valence-corrected chi connectivity index (χ3v) is 7.16. The van der Waals surface area contributed by atoms with Crippen LogP contribution in [0.25, 0.3) is 0 Å². The van der Waals surface area contributed by atoms with Gasteiger partial charge in [-0.2, -0.15) is 0 Å². The molecular formula is C21H34O3. The van der Waals surface area contributed by atoms with Crippen molar-refractivity contribution in [1.29, 1.82) is 0 Å². The van der Waals surface area contributed by atoms with Crippen LogP contribution < -0.4 is 0 Å². The van der Waals surface area contributed by atoms with E-state index < -0.39 is 0 Å². The lowest BCUT2D eigenvalue weighted by Crippen LogP contribution is -2.50. The van der Waals surface area contributed by atoms with Gasteiger partial charge in [0.15, 0.2) is 0 Å². The van der Waals surface area contributed by atoms with E-state index in [4.69, 9.17) is 4.74 Å². The minimum atomic E-state index is -0.262. The van der Waals surface area contributed by atoms with Crippen LogP contribution in [0.5, 0.6) is 0 Å². The number of rotatable bonds is 5. The third-order valence-electron chi connectivity index (χ3n) is 7.16. The van der Waals surface area contributed by atoms with Crippen molar-refractivity contribution in [2.45, 2.75) is 66.2 Å². The van der Waals surface area contributed by atoms with E-state index in [2.05, 4.69) is 26.8 Å². The van der Waals surface area contributed by atoms with Crippen LogP contribution in [0.1, 0.15) is 66.2 Å². The number of hydrogen-bond acceptors (Lipinski definition) is 3. The monoisotopic (exact) mass is 334 g/mol. The number of aliphatic hydroxyl groups is 1. The van der Waals surface area contributed by atoms with Gasteiger partial charge in [0.05, 0.1) is 13.7 Å². The van der Waals surface area contributed by atoms with Gasteiger partial charge in [-0.25, -0.2) is 4.79 Å². The molecule has 0 bridgehead atoms. The van der Waals surface area contributed by atoms with Crippen LogP contribution in [-0.4, -0.2) is 24.8 Å². The molecule has 1 N–H and O–H groups in total. The molecule has 1 saturated carbocycles. The molecule has 1 fully saturated rings. The van der Waals surface area contributed by atoms with E-state index in [1.54, 1.807) is 6.08 Å². The number of allylic oxidation sites excluding steroid dienone is 2. The highest BCUT2D eigenvalue weighted by Gasteiger charge is 2.53. The number of hydrogen-bond donors (Lipinski definition) is 1. The third kappa shape index (κ3) is 3.46. The average Bonchev–Trinajstić information content (AvgIpc) is 2.56. The van der Waals surface area contributed by atoms with Gasteiger partial charge >= 0.3 is 5.97 Å². The summed E-state index contributed by atoms with van der Waals surface area (Å²) in [6.45, 7) is 9.40. The van der Waals surface area contributed by atoms with E-state index in [9.17, 15) is 9.90 Å². The second kappa shape index (κ2) is 7.43. The van der Waals surface area contributed by atoms with E-state index in [0.717, 1.165) is 24.8 Å². The van der Waals surface area contributed by atoms with Crippen LogP contribution in [0.3, 0.4) is 0 Å². The van der Waals surface area contributed by atoms with Gasteiger partial charge in [-0.3, -0.25) is 0 Å². The van der Waals surface area contributed by atoms with Crippen LogP contribution in [0, 0.1) is 22.7 Å². The Kier molecular flexibility index (Phi) is 5.95. The van der Waals surface area contributed by atoms with Crippen molar-refractivity contribution in [3.63, 3.8) is 0 Å². The highest BCUT2D eigenvalue weighted by Crippen LogP contribution is 2.61. The van der Waals surface area contributed by atoms with Gasteiger partial charge in [-0.05, 0) is 73.7 Å². The molecule has 0 aromatic heterocycles. The molecule has 3 heteroatoms. The highest BCUT2D eigenvalue weighted by molar-refractivity contribution is 5.82. The molecule has 0 unspecified atom stereocenters. The smallest absolute Gasteiger partial charge is 0.330 e. The number of carbonyl (C=O) groups excluding carboxylic acids is 1. The standard InChI is InChI=1S/C21H34O3/c1-15(13-19(23)24-5)9-11-20(3)16(2)10-12-21(4)17(14-22)7-6-8-18(20)21/h7,13,16,18,22H,6,8-12,14H2,1-5H3/b15-13+/t16-,18-,20+,21+/m1/s1. The largest absolute Gasteiger partial charge is 0.466 e. The number of methoxy groups -OCH3 is 1. The van der Waals surface area contributed by atoms with Crippen LogP contribution in [-0.2, 0) is 9.53 Å². The van der Waals surface area contributed by atoms with Crippen LogP contribution in [0.15, 0.2) is 23.3 Å². The number of ether oxygens (including phenoxy) is 1. The molecule has 0 radical (unpaired) electrons. The first-order chi connectivity index (χ1) is 11.3. The molecule has 2 rings (SSSR count). The summed E-state index contributed by atoms with van der Waals surface area (Å²) < 4.78 is 4.74. The molecule has 0 aromatic rings. The lowest BCUT2D eigenvalue weighted by atomic mass is 9.47. The molecule has 0 spiro atoms. The van der Waals surface area contributed by atoms with Gasteiger partial charge < -0.3 is 9.84 Å². The predicted octanol–water partition coefficient (Wildman–Crippen LogP) is 4.66. The first kappa shape index (κ1) is 19.2. The first-order valence-corrected chi connectivity index (χ1v) is 9.33. The van der Waals surface area contributed by atoms with Crippen molar-refractivity contribution in [1.82, 2.24) is 0 Å². The number of carbonyl (C=O) groups is 1. The number of esters is 1. The Labute approximate surface area is 147 Å². The Balaban J connectivity index is 2.21. The summed E-state index contributed by atoms with van der Waals surface area (Å²) in [6.07, 6.45) is 10.6. The Hall–Kier alpha value is -1.09. The molecule has 0 saturated heterocycles. The van der Waals surface area contributed by atoms with Gasteiger partial charge in [0.25, 0.3) is 0 Å². The van der Waals surface area contributed by atoms with Crippen molar-refractivity contribution in [3.8, 4) is 0 Å². The molecule has 136 valence electrons. The SMILES string of the molecule is COC(=O)/C=C(\C)CC[C@@]1(C)[C@H](C)CC[C@@]2(C)C(CO)=CCC[C@H]12. The van der Waals surface area contributed by atoms with E-state index in [1.165, 1.54) is 31.9 Å². The fourth-order valence-corrected chi connectivity index (χ4v) is 5.25. The van der Waals surface area contributed by atoms with Crippen molar-refractivity contribution >= 4 is 5.97 Å².